The van der Waals surface area contributed by atoms with Crippen molar-refractivity contribution in [3.63, 3.8) is 0 Å². The van der Waals surface area contributed by atoms with Gasteiger partial charge in [-0.1, -0.05) is 0 Å². The molecule has 0 aromatic carbocycles. The number of azide groups is 1. The lowest BCUT2D eigenvalue weighted by molar-refractivity contribution is 0.380. The number of pyridine rings is 1. The van der Waals surface area contributed by atoms with Crippen LogP contribution in [0, 0.1) is 0 Å². The molecule has 2 aromatic heterocycles. The second-order valence-corrected chi connectivity index (χ2v) is 4.34. The third-order valence-electron chi connectivity index (χ3n) is 3.24. The zero-order chi connectivity index (χ0) is 12.4. The Hall–Kier alpha value is -2.11. The summed E-state index contributed by atoms with van der Waals surface area (Å²) in [5, 5.41) is 7.05. The molecule has 7 heteroatoms. The van der Waals surface area contributed by atoms with E-state index in [1.807, 2.05) is 10.6 Å². The first-order valence-corrected chi connectivity index (χ1v) is 5.98. The van der Waals surface area contributed by atoms with Crippen molar-refractivity contribution in [2.45, 2.75) is 18.9 Å². The van der Waals surface area contributed by atoms with Crippen LogP contribution in [0.1, 0.15) is 18.9 Å². The quantitative estimate of drug-likeness (QED) is 0.498. The Kier molecular flexibility index (Phi) is 2.84. The minimum Gasteiger partial charge on any atom is -0.317 e. The Morgan fingerprint density at radius 1 is 1.56 bits per heavy atom. The molecule has 0 aliphatic carbocycles. The van der Waals surface area contributed by atoms with Crippen molar-refractivity contribution >= 4 is 17.0 Å². The van der Waals surface area contributed by atoms with E-state index in [9.17, 15) is 0 Å². The SMILES string of the molecule is [N-]=[N+]=Nc1nc2ccncc2n1C1CCCNC1. The average molecular weight is 243 g/mol. The number of nitrogens with one attached hydrogen (secondary N) is 1. The van der Waals surface area contributed by atoms with Crippen molar-refractivity contribution < 1.29 is 0 Å². The average Bonchev–Trinajstić information content (AvgIpc) is 2.78. The summed E-state index contributed by atoms with van der Waals surface area (Å²) >= 11 is 0. The summed E-state index contributed by atoms with van der Waals surface area (Å²) in [4.78, 5) is 11.3. The summed E-state index contributed by atoms with van der Waals surface area (Å²) in [7, 11) is 0. The second kappa shape index (κ2) is 4.64. The first kappa shape index (κ1) is 11.0. The molecule has 1 aliphatic heterocycles. The molecule has 1 aliphatic rings. The number of fused-ring (bicyclic) bond motifs is 1. The van der Waals surface area contributed by atoms with Crippen LogP contribution in [-0.2, 0) is 0 Å². The number of hydrogen-bond donors (Lipinski definition) is 1. The largest absolute Gasteiger partial charge is 0.317 e. The van der Waals surface area contributed by atoms with Crippen LogP contribution in [0.4, 0.5) is 5.95 Å². The van der Waals surface area contributed by atoms with Crippen LogP contribution < -0.4 is 5.32 Å². The Labute approximate surface area is 103 Å². The standard InChI is InChI=1S/C11H13N7/c12-17-16-11-15-9-3-5-14-7-10(9)18(11)8-2-1-4-13-6-8/h3,5,7-8,13H,1-2,4,6H2. The predicted molar refractivity (Wildman–Crippen MR) is 67.5 cm³/mol. The second-order valence-electron chi connectivity index (χ2n) is 4.34. The highest BCUT2D eigenvalue weighted by atomic mass is 15.3. The van der Waals surface area contributed by atoms with Crippen molar-refractivity contribution in [2.75, 3.05) is 13.1 Å². The zero-order valence-corrected chi connectivity index (χ0v) is 9.82. The van der Waals surface area contributed by atoms with Crippen LogP contribution in [-0.4, -0.2) is 27.6 Å². The van der Waals surface area contributed by atoms with E-state index >= 15 is 0 Å². The molecule has 1 saturated heterocycles. The van der Waals surface area contributed by atoms with Gasteiger partial charge in [-0.2, -0.15) is 0 Å². The van der Waals surface area contributed by atoms with Gasteiger partial charge >= 0.3 is 0 Å². The molecular weight excluding hydrogens is 230 g/mol. The monoisotopic (exact) mass is 243 g/mol. The number of rotatable bonds is 2. The summed E-state index contributed by atoms with van der Waals surface area (Å²) in [6.07, 6.45) is 5.63. The van der Waals surface area contributed by atoms with Gasteiger partial charge in [0.05, 0.1) is 17.2 Å². The number of aromatic nitrogens is 3. The molecule has 18 heavy (non-hydrogen) atoms. The molecule has 1 fully saturated rings. The van der Waals surface area contributed by atoms with E-state index < -0.39 is 0 Å². The van der Waals surface area contributed by atoms with Gasteiger partial charge in [-0.15, -0.1) is 0 Å². The smallest absolute Gasteiger partial charge is 0.198 e. The van der Waals surface area contributed by atoms with Gasteiger partial charge in [0.1, 0.15) is 0 Å². The lowest BCUT2D eigenvalue weighted by Crippen LogP contribution is -2.31. The number of piperidine rings is 1. The van der Waals surface area contributed by atoms with Crippen LogP contribution in [0.15, 0.2) is 23.6 Å². The van der Waals surface area contributed by atoms with Gasteiger partial charge in [0, 0.05) is 23.7 Å². The van der Waals surface area contributed by atoms with Crippen molar-refractivity contribution in [1.82, 2.24) is 19.9 Å². The first-order valence-electron chi connectivity index (χ1n) is 5.98. The van der Waals surface area contributed by atoms with E-state index in [2.05, 4.69) is 25.3 Å². The molecule has 2 aromatic rings. The summed E-state index contributed by atoms with van der Waals surface area (Å²) in [5.74, 6) is 0.425. The highest BCUT2D eigenvalue weighted by Gasteiger charge is 2.20. The Bertz CT molecular complexity index is 605. The van der Waals surface area contributed by atoms with E-state index in [4.69, 9.17) is 5.53 Å². The highest BCUT2D eigenvalue weighted by molar-refractivity contribution is 5.77. The van der Waals surface area contributed by atoms with Gasteiger partial charge in [-0.05, 0) is 36.1 Å². The van der Waals surface area contributed by atoms with Gasteiger partial charge in [0.2, 0.25) is 0 Å². The van der Waals surface area contributed by atoms with Gasteiger partial charge in [0.25, 0.3) is 0 Å². The van der Waals surface area contributed by atoms with E-state index in [1.165, 1.54) is 0 Å². The molecular formula is C11H13N7. The number of imidazole rings is 1. The van der Waals surface area contributed by atoms with Crippen LogP contribution >= 0.6 is 0 Å². The fourth-order valence-electron chi connectivity index (χ4n) is 2.45. The maximum absolute atomic E-state index is 8.64. The molecule has 3 heterocycles. The molecule has 0 saturated carbocycles. The summed E-state index contributed by atoms with van der Waals surface area (Å²) in [6.45, 7) is 1.91. The van der Waals surface area contributed by atoms with Crippen LogP contribution in [0.5, 0.6) is 0 Å². The maximum atomic E-state index is 8.64. The number of nitrogens with zero attached hydrogens (tertiary/aromatic N) is 6. The summed E-state index contributed by atoms with van der Waals surface area (Å²) in [5.41, 5.74) is 10.4. The van der Waals surface area contributed by atoms with E-state index in [0.29, 0.717) is 5.95 Å². The Morgan fingerprint density at radius 2 is 2.50 bits per heavy atom. The molecule has 0 amide bonds. The van der Waals surface area contributed by atoms with Gasteiger partial charge < -0.3 is 9.88 Å². The number of hydrogen-bond acceptors (Lipinski definition) is 4. The van der Waals surface area contributed by atoms with Crippen molar-refractivity contribution in [3.8, 4) is 0 Å². The first-order chi connectivity index (χ1) is 8.90. The molecule has 92 valence electrons. The highest BCUT2D eigenvalue weighted by Crippen LogP contribution is 2.29. The van der Waals surface area contributed by atoms with Crippen molar-refractivity contribution in [1.29, 1.82) is 0 Å². The third kappa shape index (κ3) is 1.79. The van der Waals surface area contributed by atoms with Crippen LogP contribution in [0.25, 0.3) is 21.5 Å². The van der Waals surface area contributed by atoms with Gasteiger partial charge in [-0.3, -0.25) is 4.98 Å². The maximum Gasteiger partial charge on any atom is 0.198 e. The summed E-state index contributed by atoms with van der Waals surface area (Å²) in [6, 6.07) is 2.10. The minimum absolute atomic E-state index is 0.272. The molecule has 1 unspecified atom stereocenters. The van der Waals surface area contributed by atoms with E-state index in [0.717, 1.165) is 37.0 Å². The fourth-order valence-corrected chi connectivity index (χ4v) is 2.45. The topological polar surface area (TPSA) is 91.5 Å². The Balaban J connectivity index is 2.16. The van der Waals surface area contributed by atoms with E-state index in [-0.39, 0.29) is 6.04 Å². The fraction of sp³-hybridized carbons (Fsp3) is 0.455. The molecule has 0 bridgehead atoms. The molecule has 1 atom stereocenters. The lowest BCUT2D eigenvalue weighted by Gasteiger charge is -2.25. The van der Waals surface area contributed by atoms with Gasteiger partial charge in [0.15, 0.2) is 5.95 Å². The molecule has 0 radical (unpaired) electrons. The molecule has 3 rings (SSSR count). The van der Waals surface area contributed by atoms with E-state index in [1.54, 1.807) is 12.4 Å². The predicted octanol–water partition coefficient (Wildman–Crippen LogP) is 2.30. The molecule has 1 N–H and O–H groups in total. The van der Waals surface area contributed by atoms with Crippen LogP contribution in [0.3, 0.4) is 0 Å². The van der Waals surface area contributed by atoms with Crippen LogP contribution in [0.2, 0.25) is 0 Å². The van der Waals surface area contributed by atoms with Crippen molar-refractivity contribution in [2.24, 2.45) is 5.11 Å². The Morgan fingerprint density at radius 3 is 3.28 bits per heavy atom. The van der Waals surface area contributed by atoms with Gasteiger partial charge in [-0.25, -0.2) is 4.98 Å². The molecule has 7 nitrogen and oxygen atoms in total. The summed E-state index contributed by atoms with van der Waals surface area (Å²) < 4.78 is 1.99. The molecule has 0 spiro atoms. The van der Waals surface area contributed by atoms with Crippen molar-refractivity contribution in [3.05, 3.63) is 28.9 Å². The lowest BCUT2D eigenvalue weighted by atomic mass is 10.1. The third-order valence-corrected chi connectivity index (χ3v) is 3.24. The minimum atomic E-state index is 0.272. The normalized spacial score (nSPS) is 19.7. The zero-order valence-electron chi connectivity index (χ0n) is 9.82.